The molecule has 36 heavy (non-hydrogen) atoms. The molecule has 1 aromatic carbocycles. The molecular weight excluding hydrogens is 518 g/mol. The van der Waals surface area contributed by atoms with Crippen molar-refractivity contribution < 1.29 is 23.9 Å². The Kier molecular flexibility index (Phi) is 8.44. The lowest BCUT2D eigenvalue weighted by atomic mass is 10.0. The summed E-state index contributed by atoms with van der Waals surface area (Å²) in [6.07, 6.45) is 0.536. The highest BCUT2D eigenvalue weighted by atomic mass is 32.2. The van der Waals surface area contributed by atoms with Crippen LogP contribution in [-0.4, -0.2) is 47.5 Å². The van der Waals surface area contributed by atoms with Gasteiger partial charge in [0.1, 0.15) is 5.00 Å². The third-order valence-corrected chi connectivity index (χ3v) is 8.44. The molecule has 2 aromatic heterocycles. The van der Waals surface area contributed by atoms with Gasteiger partial charge in [0, 0.05) is 28.9 Å². The lowest BCUT2D eigenvalue weighted by Gasteiger charge is -2.25. The zero-order chi connectivity index (χ0) is 25.7. The minimum absolute atomic E-state index is 0.0254. The monoisotopic (exact) mass is 543 g/mol. The zero-order valence-corrected chi connectivity index (χ0v) is 22.2. The molecule has 1 aliphatic rings. The summed E-state index contributed by atoms with van der Waals surface area (Å²) in [5.74, 6) is -0.819. The van der Waals surface area contributed by atoms with Crippen LogP contribution in [0.15, 0.2) is 46.7 Å². The SMILES string of the molecule is CCOC(=O)c1c(NC(=O)CSc2cccc(NC(=O)c3cccs3)c2)sc2c1CCN(C(C)=O)C2. The number of esters is 1. The van der Waals surface area contributed by atoms with E-state index in [-0.39, 0.29) is 30.1 Å². The third-order valence-electron chi connectivity index (χ3n) is 5.44. The predicted molar refractivity (Wildman–Crippen MR) is 143 cm³/mol. The Morgan fingerprint density at radius 1 is 1.14 bits per heavy atom. The van der Waals surface area contributed by atoms with E-state index in [0.717, 1.165) is 15.3 Å². The van der Waals surface area contributed by atoms with Crippen LogP contribution in [0.3, 0.4) is 0 Å². The molecule has 0 spiro atoms. The van der Waals surface area contributed by atoms with Gasteiger partial charge in [0.05, 0.1) is 29.3 Å². The van der Waals surface area contributed by atoms with Gasteiger partial charge in [0.25, 0.3) is 5.91 Å². The molecule has 0 unspecified atom stereocenters. The standard InChI is InChI=1S/C25H25N3O5S3/c1-3-33-25(32)22-18-9-10-28(15(2)29)13-20(18)36-24(22)27-21(30)14-35-17-7-4-6-16(12-17)26-23(31)19-8-5-11-34-19/h4-8,11-12H,3,9-10,13-14H2,1-2H3,(H,26,31)(H,27,30). The first-order chi connectivity index (χ1) is 17.4. The number of anilines is 2. The average Bonchev–Trinajstić information content (AvgIpc) is 3.51. The fraction of sp³-hybridized carbons (Fsp3) is 0.280. The molecule has 2 N–H and O–H groups in total. The summed E-state index contributed by atoms with van der Waals surface area (Å²) in [4.78, 5) is 53.7. The van der Waals surface area contributed by atoms with E-state index in [4.69, 9.17) is 4.74 Å². The van der Waals surface area contributed by atoms with E-state index >= 15 is 0 Å². The molecule has 3 aromatic rings. The van der Waals surface area contributed by atoms with Crippen LogP contribution in [-0.2, 0) is 27.3 Å². The van der Waals surface area contributed by atoms with E-state index in [1.54, 1.807) is 24.0 Å². The van der Waals surface area contributed by atoms with Gasteiger partial charge in [-0.2, -0.15) is 0 Å². The van der Waals surface area contributed by atoms with Crippen molar-refractivity contribution in [3.63, 3.8) is 0 Å². The molecule has 0 saturated carbocycles. The fourth-order valence-corrected chi connectivity index (χ4v) is 6.40. The number of thiophene rings is 2. The number of carbonyl (C=O) groups excluding carboxylic acids is 4. The largest absolute Gasteiger partial charge is 0.462 e. The molecule has 1 aliphatic heterocycles. The molecule has 188 valence electrons. The maximum atomic E-state index is 12.8. The van der Waals surface area contributed by atoms with Crippen molar-refractivity contribution in [3.8, 4) is 0 Å². The van der Waals surface area contributed by atoms with Crippen LogP contribution in [0.5, 0.6) is 0 Å². The van der Waals surface area contributed by atoms with Gasteiger partial charge in [0.2, 0.25) is 11.8 Å². The van der Waals surface area contributed by atoms with Gasteiger partial charge < -0.3 is 20.3 Å². The highest BCUT2D eigenvalue weighted by Crippen LogP contribution is 2.38. The van der Waals surface area contributed by atoms with Crippen LogP contribution < -0.4 is 10.6 Å². The lowest BCUT2D eigenvalue weighted by Crippen LogP contribution is -2.34. The Bertz CT molecular complexity index is 1290. The molecule has 8 nitrogen and oxygen atoms in total. The molecule has 0 bridgehead atoms. The number of rotatable bonds is 8. The van der Waals surface area contributed by atoms with Crippen molar-refractivity contribution >= 4 is 68.8 Å². The summed E-state index contributed by atoms with van der Waals surface area (Å²) in [6, 6.07) is 10.9. The highest BCUT2D eigenvalue weighted by molar-refractivity contribution is 8.00. The van der Waals surface area contributed by atoms with Gasteiger partial charge in [-0.15, -0.1) is 34.4 Å². The van der Waals surface area contributed by atoms with Crippen molar-refractivity contribution in [1.29, 1.82) is 0 Å². The summed E-state index contributed by atoms with van der Waals surface area (Å²) in [6.45, 7) is 4.42. The smallest absolute Gasteiger partial charge is 0.341 e. The van der Waals surface area contributed by atoms with Crippen LogP contribution >= 0.6 is 34.4 Å². The van der Waals surface area contributed by atoms with E-state index in [0.29, 0.717) is 40.6 Å². The number of thioether (sulfide) groups is 1. The number of nitrogens with zero attached hydrogens (tertiary/aromatic N) is 1. The number of amides is 3. The second-order valence-corrected chi connectivity index (χ2v) is 11.0. The first kappa shape index (κ1) is 25.9. The summed E-state index contributed by atoms with van der Waals surface area (Å²) in [5, 5.41) is 8.03. The maximum absolute atomic E-state index is 12.8. The number of hydrogen-bond acceptors (Lipinski definition) is 8. The molecular formula is C25H25N3O5S3. The predicted octanol–water partition coefficient (Wildman–Crippen LogP) is 4.87. The van der Waals surface area contributed by atoms with Crippen LogP contribution in [0.2, 0.25) is 0 Å². The number of hydrogen-bond donors (Lipinski definition) is 2. The minimum atomic E-state index is -0.469. The molecule has 0 radical (unpaired) electrons. The normalized spacial score (nSPS) is 12.6. The summed E-state index contributed by atoms with van der Waals surface area (Å²) < 4.78 is 5.25. The zero-order valence-electron chi connectivity index (χ0n) is 19.8. The molecule has 0 aliphatic carbocycles. The Hall–Kier alpha value is -3.15. The molecule has 3 heterocycles. The van der Waals surface area contributed by atoms with Crippen molar-refractivity contribution in [3.05, 3.63) is 62.7 Å². The highest BCUT2D eigenvalue weighted by Gasteiger charge is 2.30. The van der Waals surface area contributed by atoms with E-state index in [1.807, 2.05) is 29.6 Å². The fourth-order valence-electron chi connectivity index (χ4n) is 3.76. The van der Waals surface area contributed by atoms with E-state index in [9.17, 15) is 19.2 Å². The molecule has 0 fully saturated rings. The Morgan fingerprint density at radius 3 is 2.69 bits per heavy atom. The van der Waals surface area contributed by atoms with Crippen LogP contribution in [0, 0.1) is 0 Å². The van der Waals surface area contributed by atoms with Gasteiger partial charge in [-0.05, 0) is 48.6 Å². The summed E-state index contributed by atoms with van der Waals surface area (Å²) in [7, 11) is 0. The topological polar surface area (TPSA) is 105 Å². The number of fused-ring (bicyclic) bond motifs is 1. The van der Waals surface area contributed by atoms with Crippen molar-refractivity contribution in [1.82, 2.24) is 4.90 Å². The number of nitrogens with one attached hydrogen (secondary N) is 2. The van der Waals surface area contributed by atoms with Crippen molar-refractivity contribution in [2.75, 3.05) is 29.5 Å². The molecule has 11 heteroatoms. The van der Waals surface area contributed by atoms with E-state index in [1.165, 1.54) is 41.4 Å². The third kappa shape index (κ3) is 6.15. The molecule has 0 saturated heterocycles. The summed E-state index contributed by atoms with van der Waals surface area (Å²) >= 11 is 4.00. The van der Waals surface area contributed by atoms with Crippen molar-refractivity contribution in [2.45, 2.75) is 31.7 Å². The van der Waals surface area contributed by atoms with E-state index in [2.05, 4.69) is 10.6 Å². The van der Waals surface area contributed by atoms with Crippen LogP contribution in [0.25, 0.3) is 0 Å². The second kappa shape index (κ2) is 11.7. The number of benzene rings is 1. The quantitative estimate of drug-likeness (QED) is 0.310. The van der Waals surface area contributed by atoms with Crippen LogP contribution in [0.4, 0.5) is 10.7 Å². The van der Waals surface area contributed by atoms with E-state index < -0.39 is 5.97 Å². The Balaban J connectivity index is 1.42. The number of ether oxygens (including phenoxy) is 1. The van der Waals surface area contributed by atoms with Gasteiger partial charge >= 0.3 is 5.97 Å². The van der Waals surface area contributed by atoms with Gasteiger partial charge in [-0.3, -0.25) is 14.4 Å². The van der Waals surface area contributed by atoms with Crippen LogP contribution in [0.1, 0.15) is 44.3 Å². The average molecular weight is 544 g/mol. The van der Waals surface area contributed by atoms with Gasteiger partial charge in [0.15, 0.2) is 0 Å². The molecule has 4 rings (SSSR count). The molecule has 0 atom stereocenters. The van der Waals surface area contributed by atoms with Gasteiger partial charge in [-0.25, -0.2) is 4.79 Å². The molecule has 3 amide bonds. The Labute approximate surface area is 221 Å². The maximum Gasteiger partial charge on any atom is 0.341 e. The first-order valence-corrected chi connectivity index (χ1v) is 14.0. The van der Waals surface area contributed by atoms with Crippen molar-refractivity contribution in [2.24, 2.45) is 0 Å². The second-order valence-electron chi connectivity index (χ2n) is 7.92. The summed E-state index contributed by atoms with van der Waals surface area (Å²) in [5.41, 5.74) is 1.87. The van der Waals surface area contributed by atoms with Gasteiger partial charge in [-0.1, -0.05) is 12.1 Å². The first-order valence-electron chi connectivity index (χ1n) is 11.3. The number of carbonyl (C=O) groups is 4. The lowest BCUT2D eigenvalue weighted by molar-refractivity contribution is -0.129. The minimum Gasteiger partial charge on any atom is -0.462 e. The Morgan fingerprint density at radius 2 is 1.97 bits per heavy atom.